The van der Waals surface area contributed by atoms with Crippen LogP contribution in [-0.4, -0.2) is 44.0 Å². The van der Waals surface area contributed by atoms with Gasteiger partial charge in [-0.3, -0.25) is 9.69 Å². The Labute approximate surface area is 94.1 Å². The summed E-state index contributed by atoms with van der Waals surface area (Å²) in [5.74, 6) is 0.0998. The minimum absolute atomic E-state index is 0.0998. The molecule has 0 unspecified atom stereocenters. The van der Waals surface area contributed by atoms with E-state index in [1.54, 1.807) is 20.1 Å². The molecular formula is C12H25NO2. The van der Waals surface area contributed by atoms with E-state index in [2.05, 4.69) is 11.8 Å². The number of carbonyl (C=O) groups excluding carboxylic acids is 1. The van der Waals surface area contributed by atoms with Crippen molar-refractivity contribution >= 4 is 5.78 Å². The summed E-state index contributed by atoms with van der Waals surface area (Å²) in [5, 5.41) is 0. The standard InChI is InChI=1S/C10H19NO2.C2H6/c1-4-11(8-9-13-3)7-5-6-10(2)12;1-2/h5-6H,4,7-9H2,1-3H3;1-2H3/b6-5+;. The number of ether oxygens (including phenoxy) is 1. The highest BCUT2D eigenvalue weighted by atomic mass is 16.5. The van der Waals surface area contributed by atoms with Crippen molar-refractivity contribution in [1.82, 2.24) is 4.90 Å². The van der Waals surface area contributed by atoms with Crippen LogP contribution in [0.1, 0.15) is 27.7 Å². The Morgan fingerprint density at radius 1 is 1.40 bits per heavy atom. The molecule has 90 valence electrons. The lowest BCUT2D eigenvalue weighted by molar-refractivity contribution is -0.112. The molecule has 15 heavy (non-hydrogen) atoms. The van der Waals surface area contributed by atoms with E-state index in [0.29, 0.717) is 0 Å². The zero-order valence-electron chi connectivity index (χ0n) is 10.7. The molecule has 0 bridgehead atoms. The van der Waals surface area contributed by atoms with Crippen LogP contribution in [0.4, 0.5) is 0 Å². The zero-order chi connectivity index (χ0) is 12.1. The second-order valence-electron chi connectivity index (χ2n) is 2.90. The summed E-state index contributed by atoms with van der Waals surface area (Å²) >= 11 is 0. The molecule has 0 spiro atoms. The smallest absolute Gasteiger partial charge is 0.152 e. The van der Waals surface area contributed by atoms with Crippen molar-refractivity contribution in [2.75, 3.05) is 33.4 Å². The SMILES string of the molecule is CC.CCN(C/C=C/C(C)=O)CCOC. The van der Waals surface area contributed by atoms with Crippen LogP contribution in [0.5, 0.6) is 0 Å². The van der Waals surface area contributed by atoms with Crippen LogP contribution < -0.4 is 0 Å². The van der Waals surface area contributed by atoms with Gasteiger partial charge in [0.05, 0.1) is 6.61 Å². The van der Waals surface area contributed by atoms with Gasteiger partial charge in [-0.2, -0.15) is 0 Å². The minimum atomic E-state index is 0.0998. The fraction of sp³-hybridized carbons (Fsp3) is 0.750. The molecule has 0 atom stereocenters. The van der Waals surface area contributed by atoms with Crippen molar-refractivity contribution < 1.29 is 9.53 Å². The zero-order valence-corrected chi connectivity index (χ0v) is 10.7. The first-order valence-corrected chi connectivity index (χ1v) is 5.59. The van der Waals surface area contributed by atoms with Gasteiger partial charge in [0.15, 0.2) is 5.78 Å². The van der Waals surface area contributed by atoms with E-state index < -0.39 is 0 Å². The van der Waals surface area contributed by atoms with E-state index >= 15 is 0 Å². The quantitative estimate of drug-likeness (QED) is 0.609. The molecule has 3 heteroatoms. The van der Waals surface area contributed by atoms with Crippen LogP contribution >= 0.6 is 0 Å². The number of likely N-dealkylation sites (N-methyl/N-ethyl adjacent to an activating group) is 1. The van der Waals surface area contributed by atoms with Gasteiger partial charge in [-0.15, -0.1) is 0 Å². The first-order valence-electron chi connectivity index (χ1n) is 5.59. The van der Waals surface area contributed by atoms with E-state index in [1.165, 1.54) is 0 Å². The van der Waals surface area contributed by atoms with Crippen LogP contribution in [0.15, 0.2) is 12.2 Å². The second-order valence-corrected chi connectivity index (χ2v) is 2.90. The molecule has 0 aromatic heterocycles. The molecule has 0 N–H and O–H groups in total. The summed E-state index contributed by atoms with van der Waals surface area (Å²) in [6.45, 7) is 11.1. The van der Waals surface area contributed by atoms with Crippen molar-refractivity contribution in [3.63, 3.8) is 0 Å². The third kappa shape index (κ3) is 13.3. The Kier molecular flexibility index (Phi) is 14.9. The predicted molar refractivity (Wildman–Crippen MR) is 65.2 cm³/mol. The number of carbonyl (C=O) groups is 1. The van der Waals surface area contributed by atoms with Gasteiger partial charge < -0.3 is 4.74 Å². The van der Waals surface area contributed by atoms with Gasteiger partial charge >= 0.3 is 0 Å². The molecule has 3 nitrogen and oxygen atoms in total. The van der Waals surface area contributed by atoms with Gasteiger partial charge in [-0.05, 0) is 19.5 Å². The van der Waals surface area contributed by atoms with Crippen LogP contribution in [0.2, 0.25) is 0 Å². The Balaban J connectivity index is 0. The monoisotopic (exact) mass is 215 g/mol. The fourth-order valence-corrected chi connectivity index (χ4v) is 0.967. The number of hydrogen-bond acceptors (Lipinski definition) is 3. The molecule has 0 fully saturated rings. The van der Waals surface area contributed by atoms with Crippen LogP contribution in [0.3, 0.4) is 0 Å². The summed E-state index contributed by atoms with van der Waals surface area (Å²) in [6.07, 6.45) is 3.50. The number of ketones is 1. The minimum Gasteiger partial charge on any atom is -0.383 e. The number of allylic oxidation sites excluding steroid dienone is 1. The summed E-state index contributed by atoms with van der Waals surface area (Å²) in [5.41, 5.74) is 0. The molecular weight excluding hydrogens is 190 g/mol. The highest BCUT2D eigenvalue weighted by Gasteiger charge is 1.97. The van der Waals surface area contributed by atoms with E-state index in [1.807, 2.05) is 19.9 Å². The van der Waals surface area contributed by atoms with Crippen molar-refractivity contribution in [2.24, 2.45) is 0 Å². The summed E-state index contributed by atoms with van der Waals surface area (Å²) in [4.78, 5) is 12.8. The third-order valence-corrected chi connectivity index (χ3v) is 1.78. The summed E-state index contributed by atoms with van der Waals surface area (Å²) in [7, 11) is 1.69. The Morgan fingerprint density at radius 2 is 2.00 bits per heavy atom. The lowest BCUT2D eigenvalue weighted by Crippen LogP contribution is -2.27. The molecule has 0 aliphatic carbocycles. The van der Waals surface area contributed by atoms with Gasteiger partial charge in [-0.1, -0.05) is 26.8 Å². The fourth-order valence-electron chi connectivity index (χ4n) is 0.967. The third-order valence-electron chi connectivity index (χ3n) is 1.78. The molecule has 0 radical (unpaired) electrons. The van der Waals surface area contributed by atoms with Crippen molar-refractivity contribution in [2.45, 2.75) is 27.7 Å². The Morgan fingerprint density at radius 3 is 2.40 bits per heavy atom. The van der Waals surface area contributed by atoms with Crippen LogP contribution in [0.25, 0.3) is 0 Å². The largest absolute Gasteiger partial charge is 0.383 e. The predicted octanol–water partition coefficient (Wildman–Crippen LogP) is 2.13. The van der Waals surface area contributed by atoms with Gasteiger partial charge in [0.2, 0.25) is 0 Å². The molecule has 0 amide bonds. The average Bonchev–Trinajstić information content (AvgIpc) is 2.25. The molecule has 0 aromatic carbocycles. The van der Waals surface area contributed by atoms with Gasteiger partial charge in [0, 0.05) is 20.2 Å². The molecule has 0 saturated carbocycles. The number of hydrogen-bond donors (Lipinski definition) is 0. The van der Waals surface area contributed by atoms with Gasteiger partial charge in [0.1, 0.15) is 0 Å². The van der Waals surface area contributed by atoms with E-state index in [4.69, 9.17) is 4.74 Å². The maximum atomic E-state index is 10.6. The first-order chi connectivity index (χ1) is 7.20. The van der Waals surface area contributed by atoms with E-state index in [0.717, 1.165) is 26.2 Å². The van der Waals surface area contributed by atoms with Crippen molar-refractivity contribution in [1.29, 1.82) is 0 Å². The summed E-state index contributed by atoms with van der Waals surface area (Å²) in [6, 6.07) is 0. The normalized spacial score (nSPS) is 10.3. The number of methoxy groups -OCH3 is 1. The molecule has 0 rings (SSSR count). The Hall–Kier alpha value is -0.670. The molecule has 0 heterocycles. The number of nitrogens with zero attached hydrogens (tertiary/aromatic N) is 1. The lowest BCUT2D eigenvalue weighted by atomic mass is 10.3. The van der Waals surface area contributed by atoms with E-state index in [9.17, 15) is 4.79 Å². The van der Waals surface area contributed by atoms with Crippen LogP contribution in [0, 0.1) is 0 Å². The lowest BCUT2D eigenvalue weighted by Gasteiger charge is -2.17. The Bertz CT molecular complexity index is 167. The highest BCUT2D eigenvalue weighted by molar-refractivity contribution is 5.87. The topological polar surface area (TPSA) is 29.5 Å². The van der Waals surface area contributed by atoms with Gasteiger partial charge in [-0.25, -0.2) is 0 Å². The van der Waals surface area contributed by atoms with Gasteiger partial charge in [0.25, 0.3) is 0 Å². The number of rotatable bonds is 7. The second kappa shape index (κ2) is 13.3. The maximum Gasteiger partial charge on any atom is 0.152 e. The molecule has 0 aliphatic rings. The van der Waals surface area contributed by atoms with Crippen molar-refractivity contribution in [3.05, 3.63) is 12.2 Å². The summed E-state index contributed by atoms with van der Waals surface area (Å²) < 4.78 is 4.97. The molecule has 0 saturated heterocycles. The molecule has 0 aromatic rings. The first kappa shape index (κ1) is 16.7. The highest BCUT2D eigenvalue weighted by Crippen LogP contribution is 1.88. The van der Waals surface area contributed by atoms with Crippen molar-refractivity contribution in [3.8, 4) is 0 Å². The maximum absolute atomic E-state index is 10.6. The average molecular weight is 215 g/mol. The van der Waals surface area contributed by atoms with E-state index in [-0.39, 0.29) is 5.78 Å². The van der Waals surface area contributed by atoms with Crippen LogP contribution in [-0.2, 0) is 9.53 Å². The molecule has 0 aliphatic heterocycles.